The Morgan fingerprint density at radius 3 is 1.48 bits per heavy atom. The van der Waals surface area contributed by atoms with Crippen molar-refractivity contribution in [3.63, 3.8) is 0 Å². The van der Waals surface area contributed by atoms with Crippen molar-refractivity contribution in [3.8, 4) is 0 Å². The van der Waals surface area contributed by atoms with Gasteiger partial charge in [0.25, 0.3) is 0 Å². The van der Waals surface area contributed by atoms with E-state index in [1.807, 2.05) is 0 Å². The molecule has 0 amide bonds. The average Bonchev–Trinajstić information content (AvgIpc) is 2.96. The lowest BCUT2D eigenvalue weighted by molar-refractivity contribution is 0.390. The number of alkyl halides is 1. The maximum atomic E-state index is 7.14. The molecule has 3 unspecified atom stereocenters. The quantitative estimate of drug-likeness (QED) is 0.185. The summed E-state index contributed by atoms with van der Waals surface area (Å²) in [5.41, 5.74) is 9.73. The summed E-state index contributed by atoms with van der Waals surface area (Å²) in [5, 5.41) is -0.132. The fourth-order valence-corrected chi connectivity index (χ4v) is 6.17. The summed E-state index contributed by atoms with van der Waals surface area (Å²) < 4.78 is 0. The monoisotopic (exact) mass is 608 g/mol. The van der Waals surface area contributed by atoms with Gasteiger partial charge in [0, 0.05) is 34.2 Å². The molecule has 0 saturated carbocycles. The number of nitrogens with zero attached hydrogens (tertiary/aromatic N) is 2. The molecule has 1 aliphatic carbocycles. The Bertz CT molecular complexity index is 1490. The molecule has 0 bridgehead atoms. The highest BCUT2D eigenvalue weighted by Crippen LogP contribution is 2.41. The van der Waals surface area contributed by atoms with E-state index < -0.39 is 0 Å². The second-order valence-corrected chi connectivity index (χ2v) is 15.7. The van der Waals surface area contributed by atoms with Gasteiger partial charge in [0.15, 0.2) is 0 Å². The lowest BCUT2D eigenvalue weighted by atomic mass is 9.83. The Kier molecular flexibility index (Phi) is 9.67. The van der Waals surface area contributed by atoms with Crippen molar-refractivity contribution in [2.45, 2.75) is 104 Å². The molecule has 0 saturated heterocycles. The van der Waals surface area contributed by atoms with E-state index in [0.717, 1.165) is 17.1 Å². The standard InChI is InChI=1S/C41H53ClN2/c1-13-41(11,12)30(4)43(33-18-14-31(15-19-33)39(5,6)7)34-22-24-36(25-23-34)44(37-27-28(2)26-29(3)38(37)42)35-20-16-32(17-21-35)40(8,9)10/h13-27,30,37-38H,1H2,2-12H3. The van der Waals surface area contributed by atoms with Gasteiger partial charge in [-0.05, 0) is 91.3 Å². The number of halogens is 1. The van der Waals surface area contributed by atoms with Crippen molar-refractivity contribution in [2.24, 2.45) is 5.41 Å². The third-order valence-electron chi connectivity index (χ3n) is 9.34. The van der Waals surface area contributed by atoms with Crippen LogP contribution >= 0.6 is 11.6 Å². The van der Waals surface area contributed by atoms with Gasteiger partial charge in [-0.3, -0.25) is 0 Å². The van der Waals surface area contributed by atoms with E-state index in [0.29, 0.717) is 0 Å². The van der Waals surface area contributed by atoms with Crippen LogP contribution in [0.25, 0.3) is 0 Å². The molecule has 0 N–H and O–H groups in total. The maximum absolute atomic E-state index is 7.14. The molecular weight excluding hydrogens is 556 g/mol. The number of benzene rings is 3. The fraction of sp³-hybridized carbons (Fsp3) is 0.415. The van der Waals surface area contributed by atoms with Gasteiger partial charge in [0.2, 0.25) is 0 Å². The highest BCUT2D eigenvalue weighted by molar-refractivity contribution is 6.23. The molecule has 0 radical (unpaired) electrons. The van der Waals surface area contributed by atoms with Crippen LogP contribution < -0.4 is 9.80 Å². The molecular formula is C41H53ClN2. The molecule has 0 fully saturated rings. The SMILES string of the molecule is C=CC(C)(C)C(C)N(c1ccc(N(c2ccc(C(C)(C)C)cc2)C2C=C(C)C=C(C)C2Cl)cc1)c1ccc(C(C)(C)C)cc1. The first-order valence-corrected chi connectivity index (χ1v) is 16.4. The smallest absolute Gasteiger partial charge is 0.0789 e. The molecule has 4 rings (SSSR count). The van der Waals surface area contributed by atoms with Gasteiger partial charge in [0.05, 0.1) is 11.4 Å². The highest BCUT2D eigenvalue weighted by atomic mass is 35.5. The summed E-state index contributed by atoms with van der Waals surface area (Å²) in [6.07, 6.45) is 6.57. The number of allylic oxidation sites excluding steroid dienone is 2. The fourth-order valence-electron chi connectivity index (χ4n) is 5.93. The zero-order valence-corrected chi connectivity index (χ0v) is 29.6. The number of hydrogen-bond acceptors (Lipinski definition) is 2. The van der Waals surface area contributed by atoms with E-state index in [-0.39, 0.29) is 33.7 Å². The van der Waals surface area contributed by atoms with Crippen LogP contribution in [0.5, 0.6) is 0 Å². The number of rotatable bonds is 8. The van der Waals surface area contributed by atoms with Crippen molar-refractivity contribution < 1.29 is 0 Å². The van der Waals surface area contributed by atoms with E-state index in [4.69, 9.17) is 11.6 Å². The Hall–Kier alpha value is -3.23. The molecule has 44 heavy (non-hydrogen) atoms. The van der Waals surface area contributed by atoms with Crippen LogP contribution in [0.2, 0.25) is 0 Å². The highest BCUT2D eigenvalue weighted by Gasteiger charge is 2.32. The first-order valence-electron chi connectivity index (χ1n) is 16.0. The molecule has 0 aromatic heterocycles. The Balaban J connectivity index is 1.81. The summed E-state index contributed by atoms with van der Waals surface area (Å²) >= 11 is 7.14. The molecule has 3 aromatic rings. The van der Waals surface area contributed by atoms with Crippen molar-refractivity contribution in [2.75, 3.05) is 9.80 Å². The normalized spacial score (nSPS) is 18.3. The van der Waals surface area contributed by atoms with Crippen LogP contribution in [-0.2, 0) is 10.8 Å². The van der Waals surface area contributed by atoms with Gasteiger partial charge in [-0.25, -0.2) is 0 Å². The molecule has 3 aromatic carbocycles. The van der Waals surface area contributed by atoms with Crippen molar-refractivity contribution in [1.29, 1.82) is 0 Å². The number of anilines is 4. The minimum atomic E-state index is -0.132. The second kappa shape index (κ2) is 12.6. The molecule has 0 spiro atoms. The zero-order chi connectivity index (χ0) is 32.6. The van der Waals surface area contributed by atoms with E-state index >= 15 is 0 Å². The van der Waals surface area contributed by atoms with Gasteiger partial charge in [-0.1, -0.05) is 109 Å². The molecule has 3 atom stereocenters. The van der Waals surface area contributed by atoms with Crippen molar-refractivity contribution in [1.82, 2.24) is 0 Å². The lowest BCUT2D eigenvalue weighted by Gasteiger charge is -2.41. The van der Waals surface area contributed by atoms with E-state index in [2.05, 4.69) is 184 Å². The Labute approximate surface area is 273 Å². The van der Waals surface area contributed by atoms with Gasteiger partial charge in [-0.15, -0.1) is 18.2 Å². The molecule has 2 nitrogen and oxygen atoms in total. The third-order valence-corrected chi connectivity index (χ3v) is 9.94. The van der Waals surface area contributed by atoms with Crippen LogP contribution in [0, 0.1) is 5.41 Å². The van der Waals surface area contributed by atoms with Crippen molar-refractivity contribution >= 4 is 34.4 Å². The average molecular weight is 609 g/mol. The summed E-state index contributed by atoms with van der Waals surface area (Å²) in [6.45, 7) is 28.8. The van der Waals surface area contributed by atoms with E-state index in [1.165, 1.54) is 28.0 Å². The Morgan fingerprint density at radius 2 is 1.07 bits per heavy atom. The van der Waals surface area contributed by atoms with Crippen LogP contribution in [0.4, 0.5) is 22.7 Å². The van der Waals surface area contributed by atoms with E-state index in [1.54, 1.807) is 0 Å². The van der Waals surface area contributed by atoms with Crippen LogP contribution in [-0.4, -0.2) is 17.5 Å². The summed E-state index contributed by atoms with van der Waals surface area (Å²) in [4.78, 5) is 4.84. The molecule has 3 heteroatoms. The summed E-state index contributed by atoms with van der Waals surface area (Å²) in [6, 6.07) is 27.2. The van der Waals surface area contributed by atoms with Gasteiger partial charge in [-0.2, -0.15) is 0 Å². The molecule has 0 heterocycles. The predicted molar refractivity (Wildman–Crippen MR) is 195 cm³/mol. The van der Waals surface area contributed by atoms with Gasteiger partial charge < -0.3 is 9.80 Å². The predicted octanol–water partition coefficient (Wildman–Crippen LogP) is 12.0. The van der Waals surface area contributed by atoms with E-state index in [9.17, 15) is 0 Å². The lowest BCUT2D eigenvalue weighted by Crippen LogP contribution is -2.40. The van der Waals surface area contributed by atoms with Crippen LogP contribution in [0.15, 0.2) is 109 Å². The minimum absolute atomic E-state index is 0.00679. The molecule has 1 aliphatic rings. The molecule has 0 aliphatic heterocycles. The summed E-state index contributed by atoms with van der Waals surface area (Å²) in [7, 11) is 0. The third kappa shape index (κ3) is 7.18. The van der Waals surface area contributed by atoms with Crippen LogP contribution in [0.1, 0.15) is 87.3 Å². The minimum Gasteiger partial charge on any atom is -0.338 e. The topological polar surface area (TPSA) is 6.48 Å². The van der Waals surface area contributed by atoms with Crippen LogP contribution in [0.3, 0.4) is 0 Å². The first-order chi connectivity index (χ1) is 20.4. The largest absolute Gasteiger partial charge is 0.338 e. The van der Waals surface area contributed by atoms with Gasteiger partial charge >= 0.3 is 0 Å². The first kappa shape index (κ1) is 33.7. The van der Waals surface area contributed by atoms with Gasteiger partial charge in [0.1, 0.15) is 0 Å². The number of hydrogen-bond donors (Lipinski definition) is 0. The second-order valence-electron chi connectivity index (χ2n) is 15.2. The van der Waals surface area contributed by atoms with Crippen molar-refractivity contribution in [3.05, 3.63) is 120 Å². The molecule has 234 valence electrons. The Morgan fingerprint density at radius 1 is 0.682 bits per heavy atom. The zero-order valence-electron chi connectivity index (χ0n) is 28.9. The maximum Gasteiger partial charge on any atom is 0.0789 e. The summed E-state index contributed by atoms with van der Waals surface area (Å²) in [5.74, 6) is 0.